The summed E-state index contributed by atoms with van der Waals surface area (Å²) in [5.41, 5.74) is 1.58. The second-order valence-electron chi connectivity index (χ2n) is 9.10. The van der Waals surface area contributed by atoms with E-state index in [2.05, 4.69) is 32.3 Å². The monoisotopic (exact) mass is 601 g/mol. The van der Waals surface area contributed by atoms with E-state index in [9.17, 15) is 26.3 Å². The molecule has 2 aromatic rings. The summed E-state index contributed by atoms with van der Waals surface area (Å²) in [6.07, 6.45) is -7.06. The Balaban J connectivity index is 0.000000333. The minimum atomic E-state index is -5.08. The van der Waals surface area contributed by atoms with Crippen LogP contribution < -0.4 is 4.74 Å². The molecule has 224 valence electrons. The molecule has 1 aromatic heterocycles. The normalized spacial score (nSPS) is 20.1. The van der Waals surface area contributed by atoms with Crippen molar-refractivity contribution < 1.29 is 55.6 Å². The highest BCUT2D eigenvalue weighted by Crippen LogP contribution is 2.34. The lowest BCUT2D eigenvalue weighted by Gasteiger charge is -2.32. The summed E-state index contributed by atoms with van der Waals surface area (Å²) in [5, 5.41) is 17.5. The van der Waals surface area contributed by atoms with Crippen molar-refractivity contribution in [3.8, 4) is 5.75 Å². The molecule has 2 fully saturated rings. The van der Waals surface area contributed by atoms with Crippen molar-refractivity contribution in [3.05, 3.63) is 46.4 Å². The largest absolute Gasteiger partial charge is 0.497 e. The predicted molar refractivity (Wildman–Crippen MR) is 131 cm³/mol. The fourth-order valence-electron chi connectivity index (χ4n) is 4.14. The molecular formula is C24H29F6N3O6S. The highest BCUT2D eigenvalue weighted by atomic mass is 32.1. The quantitative estimate of drug-likeness (QED) is 0.489. The van der Waals surface area contributed by atoms with E-state index < -0.39 is 24.3 Å². The Morgan fingerprint density at radius 3 is 2.02 bits per heavy atom. The number of nitrogens with zero attached hydrogens (tertiary/aromatic N) is 3. The first-order valence-electron chi connectivity index (χ1n) is 11.8. The molecule has 2 aliphatic heterocycles. The van der Waals surface area contributed by atoms with Crippen LogP contribution in [0.15, 0.2) is 35.8 Å². The Labute approximate surface area is 229 Å². The van der Waals surface area contributed by atoms with Gasteiger partial charge >= 0.3 is 24.3 Å². The number of rotatable bonds is 5. The summed E-state index contributed by atoms with van der Waals surface area (Å²) < 4.78 is 74.8. The van der Waals surface area contributed by atoms with Crippen molar-refractivity contribution in [3.63, 3.8) is 0 Å². The number of thiazole rings is 1. The first-order valence-corrected chi connectivity index (χ1v) is 12.7. The van der Waals surface area contributed by atoms with Crippen LogP contribution in [0.2, 0.25) is 0 Å². The molecule has 40 heavy (non-hydrogen) atoms. The number of alkyl halides is 6. The first-order chi connectivity index (χ1) is 18.6. The molecule has 1 atom stereocenters. The Morgan fingerprint density at radius 2 is 1.55 bits per heavy atom. The Morgan fingerprint density at radius 1 is 1.00 bits per heavy atom. The smallest absolute Gasteiger partial charge is 0.490 e. The lowest BCUT2D eigenvalue weighted by Crippen LogP contribution is -2.40. The zero-order chi connectivity index (χ0) is 30.0. The summed E-state index contributed by atoms with van der Waals surface area (Å²) in [7, 11) is 1.71. The van der Waals surface area contributed by atoms with Crippen molar-refractivity contribution in [1.82, 2.24) is 14.8 Å². The molecule has 2 aliphatic rings. The number of aromatic nitrogens is 1. The van der Waals surface area contributed by atoms with Crippen molar-refractivity contribution in [2.24, 2.45) is 5.41 Å². The van der Waals surface area contributed by atoms with Gasteiger partial charge in [0.2, 0.25) is 0 Å². The number of halogens is 6. The van der Waals surface area contributed by atoms with Crippen LogP contribution >= 0.6 is 11.3 Å². The van der Waals surface area contributed by atoms with Gasteiger partial charge in [-0.3, -0.25) is 9.80 Å². The van der Waals surface area contributed by atoms with E-state index in [4.69, 9.17) is 29.3 Å². The zero-order valence-electron chi connectivity index (χ0n) is 21.4. The zero-order valence-corrected chi connectivity index (χ0v) is 22.2. The molecule has 2 N–H and O–H groups in total. The number of likely N-dealkylation sites (tertiary alicyclic amines) is 1. The number of carboxylic acid groups (broad SMARTS) is 2. The third kappa shape index (κ3) is 11.3. The fourth-order valence-corrected chi connectivity index (χ4v) is 4.80. The number of aliphatic carboxylic acids is 2. The second-order valence-corrected chi connectivity index (χ2v) is 10.1. The van der Waals surface area contributed by atoms with Gasteiger partial charge in [0.25, 0.3) is 0 Å². The third-order valence-corrected chi connectivity index (χ3v) is 6.69. The van der Waals surface area contributed by atoms with Crippen LogP contribution in [-0.2, 0) is 27.4 Å². The van der Waals surface area contributed by atoms with Crippen LogP contribution in [0.25, 0.3) is 0 Å². The van der Waals surface area contributed by atoms with E-state index in [-0.39, 0.29) is 5.41 Å². The maximum atomic E-state index is 10.6. The lowest BCUT2D eigenvalue weighted by molar-refractivity contribution is -0.193. The molecule has 9 nitrogen and oxygen atoms in total. The van der Waals surface area contributed by atoms with Crippen LogP contribution in [0.3, 0.4) is 0 Å². The summed E-state index contributed by atoms with van der Waals surface area (Å²) >= 11 is 1.75. The van der Waals surface area contributed by atoms with Gasteiger partial charge in [0.15, 0.2) is 0 Å². The van der Waals surface area contributed by atoms with Gasteiger partial charge in [-0.1, -0.05) is 12.1 Å². The van der Waals surface area contributed by atoms with Gasteiger partial charge < -0.3 is 19.7 Å². The van der Waals surface area contributed by atoms with E-state index in [1.54, 1.807) is 18.4 Å². The van der Waals surface area contributed by atoms with Crippen molar-refractivity contribution in [1.29, 1.82) is 0 Å². The van der Waals surface area contributed by atoms with Crippen LogP contribution in [-0.4, -0.2) is 95.8 Å². The molecule has 1 spiro atoms. The Kier molecular flexibility index (Phi) is 12.2. The van der Waals surface area contributed by atoms with Gasteiger partial charge in [0.1, 0.15) is 10.8 Å². The summed E-state index contributed by atoms with van der Waals surface area (Å²) in [5.74, 6) is -4.60. The summed E-state index contributed by atoms with van der Waals surface area (Å²) in [4.78, 5) is 27.3. The van der Waals surface area contributed by atoms with E-state index in [1.807, 2.05) is 18.3 Å². The van der Waals surface area contributed by atoms with E-state index in [0.717, 1.165) is 58.2 Å². The molecule has 0 aliphatic carbocycles. The van der Waals surface area contributed by atoms with Crippen molar-refractivity contribution >= 4 is 23.3 Å². The van der Waals surface area contributed by atoms with Crippen LogP contribution in [0.5, 0.6) is 5.75 Å². The molecule has 0 saturated carbocycles. The van der Waals surface area contributed by atoms with Gasteiger partial charge in [-0.2, -0.15) is 26.3 Å². The molecule has 0 amide bonds. The van der Waals surface area contributed by atoms with Crippen LogP contribution in [0.1, 0.15) is 17.0 Å². The molecule has 3 heterocycles. The van der Waals surface area contributed by atoms with Gasteiger partial charge in [-0.15, -0.1) is 11.3 Å². The first kappa shape index (κ1) is 33.3. The molecule has 1 unspecified atom stereocenters. The predicted octanol–water partition coefficient (Wildman–Crippen LogP) is 4.14. The number of ether oxygens (including phenoxy) is 2. The summed E-state index contributed by atoms with van der Waals surface area (Å²) in [6.45, 7) is 7.99. The molecule has 4 rings (SSSR count). The van der Waals surface area contributed by atoms with E-state index in [0.29, 0.717) is 0 Å². The Bertz CT molecular complexity index is 1040. The molecule has 0 radical (unpaired) electrons. The number of hydrogen-bond donors (Lipinski definition) is 2. The molecule has 1 aromatic carbocycles. The minimum Gasteiger partial charge on any atom is -0.497 e. The summed E-state index contributed by atoms with van der Waals surface area (Å²) in [6, 6.07) is 8.43. The highest BCUT2D eigenvalue weighted by molar-refractivity contribution is 7.09. The van der Waals surface area contributed by atoms with Crippen molar-refractivity contribution in [2.75, 3.05) is 46.5 Å². The topological polar surface area (TPSA) is 112 Å². The standard InChI is InChI=1S/C20H27N3O2S.2C2HF3O2/c1-24-18-4-2-17(3-5-18)12-23-9-10-25-16-20(15-23)6-8-22(14-20)13-19-21-7-11-26-19;2*3-2(4,5)1(6)7/h2-5,7,11H,6,8-10,12-16H2,1H3;2*(H,6,7). The van der Waals surface area contributed by atoms with Crippen LogP contribution in [0.4, 0.5) is 26.3 Å². The average molecular weight is 602 g/mol. The van der Waals surface area contributed by atoms with E-state index >= 15 is 0 Å². The Hall–Kier alpha value is -2.95. The van der Waals surface area contributed by atoms with Crippen molar-refractivity contribution in [2.45, 2.75) is 31.9 Å². The average Bonchev–Trinajstić information content (AvgIpc) is 3.47. The molecule has 0 bridgehead atoms. The number of hydrogen-bond acceptors (Lipinski definition) is 8. The van der Waals surface area contributed by atoms with Gasteiger partial charge in [0, 0.05) is 43.2 Å². The number of carbonyl (C=O) groups is 2. The van der Waals surface area contributed by atoms with Crippen LogP contribution in [0, 0.1) is 5.41 Å². The number of carboxylic acids is 2. The molecule has 2 saturated heterocycles. The second kappa shape index (κ2) is 14.6. The van der Waals surface area contributed by atoms with Gasteiger partial charge in [0.05, 0.1) is 26.9 Å². The maximum Gasteiger partial charge on any atom is 0.490 e. The SMILES string of the molecule is COc1ccc(CN2CCOCC3(CCN(Cc4nccs4)C3)C2)cc1.O=C(O)C(F)(F)F.O=C(O)C(F)(F)F. The number of benzene rings is 1. The van der Waals surface area contributed by atoms with Gasteiger partial charge in [-0.25, -0.2) is 14.6 Å². The minimum absolute atomic E-state index is 0.250. The molecular weight excluding hydrogens is 572 g/mol. The van der Waals surface area contributed by atoms with E-state index in [1.165, 1.54) is 17.0 Å². The molecule has 16 heteroatoms. The van der Waals surface area contributed by atoms with Gasteiger partial charge in [-0.05, 0) is 30.7 Å². The number of methoxy groups -OCH3 is 1. The highest BCUT2D eigenvalue weighted by Gasteiger charge is 2.41. The lowest BCUT2D eigenvalue weighted by atomic mass is 9.87. The maximum absolute atomic E-state index is 10.6. The fraction of sp³-hybridized carbons (Fsp3) is 0.542. The third-order valence-electron chi connectivity index (χ3n) is 5.93.